The van der Waals surface area contributed by atoms with E-state index in [1.807, 2.05) is 17.9 Å². The number of thiazole rings is 1. The lowest BCUT2D eigenvalue weighted by molar-refractivity contribution is 0.744. The summed E-state index contributed by atoms with van der Waals surface area (Å²) in [6, 6.07) is 0. The number of hydrogen-bond acceptors (Lipinski definition) is 3. The van der Waals surface area contributed by atoms with Gasteiger partial charge in [-0.2, -0.15) is 5.10 Å². The average molecular weight is 247 g/mol. The van der Waals surface area contributed by atoms with Crippen LogP contribution in [0, 0.1) is 0 Å². The van der Waals surface area contributed by atoms with Crippen molar-refractivity contribution in [1.82, 2.24) is 14.8 Å². The van der Waals surface area contributed by atoms with Crippen molar-refractivity contribution >= 4 is 11.3 Å². The lowest BCUT2D eigenvalue weighted by Gasteiger charge is -1.97. The molecule has 4 heteroatoms. The van der Waals surface area contributed by atoms with Gasteiger partial charge in [-0.1, -0.05) is 13.8 Å². The molecule has 2 aromatic heterocycles. The molecule has 0 amide bonds. The van der Waals surface area contributed by atoms with Crippen molar-refractivity contribution in [2.75, 3.05) is 0 Å². The van der Waals surface area contributed by atoms with Gasteiger partial charge in [0.15, 0.2) is 0 Å². The summed E-state index contributed by atoms with van der Waals surface area (Å²) in [6.45, 7) is 4.42. The minimum Gasteiger partial charge on any atom is -0.275 e. The van der Waals surface area contributed by atoms with E-state index in [1.54, 1.807) is 11.3 Å². The molecule has 0 aromatic carbocycles. The standard InChI is InChI=1S/C13H17N3S/c1-8(2)11-6-14-13(17-11)10-7-16(3)15-12(10)9-4-5-9/h6-9H,4-5H2,1-3H3. The maximum Gasteiger partial charge on any atom is 0.127 e. The predicted octanol–water partition coefficient (Wildman–Crippen LogP) is 3.54. The third-order valence-electron chi connectivity index (χ3n) is 3.14. The van der Waals surface area contributed by atoms with E-state index in [1.165, 1.54) is 29.0 Å². The maximum absolute atomic E-state index is 4.59. The molecule has 0 aliphatic heterocycles. The van der Waals surface area contributed by atoms with Crippen LogP contribution in [0.15, 0.2) is 12.4 Å². The third-order valence-corrected chi connectivity index (χ3v) is 4.48. The highest BCUT2D eigenvalue weighted by atomic mass is 32.1. The van der Waals surface area contributed by atoms with Crippen LogP contribution in [0.25, 0.3) is 10.6 Å². The molecule has 2 aromatic rings. The summed E-state index contributed by atoms with van der Waals surface area (Å²) in [5.74, 6) is 1.24. The summed E-state index contributed by atoms with van der Waals surface area (Å²) in [5, 5.41) is 5.71. The fourth-order valence-corrected chi connectivity index (χ4v) is 2.94. The normalized spacial score (nSPS) is 15.8. The Hall–Kier alpha value is -1.16. The smallest absolute Gasteiger partial charge is 0.127 e. The zero-order valence-electron chi connectivity index (χ0n) is 10.5. The van der Waals surface area contributed by atoms with Crippen LogP contribution < -0.4 is 0 Å². The Kier molecular flexibility index (Phi) is 2.54. The molecule has 17 heavy (non-hydrogen) atoms. The molecule has 0 N–H and O–H groups in total. The molecule has 0 unspecified atom stereocenters. The van der Waals surface area contributed by atoms with E-state index >= 15 is 0 Å². The monoisotopic (exact) mass is 247 g/mol. The molecule has 90 valence electrons. The van der Waals surface area contributed by atoms with E-state index < -0.39 is 0 Å². The van der Waals surface area contributed by atoms with Gasteiger partial charge < -0.3 is 0 Å². The Balaban J connectivity index is 2.01. The third kappa shape index (κ3) is 2.02. The van der Waals surface area contributed by atoms with Gasteiger partial charge in [0.25, 0.3) is 0 Å². The molecule has 1 aliphatic rings. The van der Waals surface area contributed by atoms with E-state index in [2.05, 4.69) is 30.1 Å². The number of hydrogen-bond donors (Lipinski definition) is 0. The van der Waals surface area contributed by atoms with Crippen LogP contribution in [0.4, 0.5) is 0 Å². The van der Waals surface area contributed by atoms with E-state index in [9.17, 15) is 0 Å². The molecule has 0 bridgehead atoms. The first kappa shape index (κ1) is 11.0. The average Bonchev–Trinajstić information content (AvgIpc) is 2.87. The lowest BCUT2D eigenvalue weighted by atomic mass is 10.2. The molecule has 0 atom stereocenters. The van der Waals surface area contributed by atoms with Crippen molar-refractivity contribution in [2.24, 2.45) is 7.05 Å². The summed E-state index contributed by atoms with van der Waals surface area (Å²) >= 11 is 1.80. The first-order valence-electron chi connectivity index (χ1n) is 6.14. The van der Waals surface area contributed by atoms with Crippen molar-refractivity contribution in [3.8, 4) is 10.6 Å². The van der Waals surface area contributed by atoms with Crippen LogP contribution in [0.2, 0.25) is 0 Å². The summed E-state index contributed by atoms with van der Waals surface area (Å²) in [6.07, 6.45) is 6.68. The maximum atomic E-state index is 4.59. The highest BCUT2D eigenvalue weighted by Crippen LogP contribution is 2.44. The zero-order chi connectivity index (χ0) is 12.0. The van der Waals surface area contributed by atoms with Crippen LogP contribution in [-0.4, -0.2) is 14.8 Å². The van der Waals surface area contributed by atoms with Crippen molar-refractivity contribution in [3.63, 3.8) is 0 Å². The molecule has 3 nitrogen and oxygen atoms in total. The fraction of sp³-hybridized carbons (Fsp3) is 0.538. The second-order valence-corrected chi connectivity index (χ2v) is 6.16. The van der Waals surface area contributed by atoms with Gasteiger partial charge in [0.05, 0.1) is 11.3 Å². The molecule has 0 saturated heterocycles. The molecule has 1 aliphatic carbocycles. The number of rotatable bonds is 3. The quantitative estimate of drug-likeness (QED) is 0.830. The summed E-state index contributed by atoms with van der Waals surface area (Å²) < 4.78 is 1.92. The Morgan fingerprint density at radius 1 is 1.41 bits per heavy atom. The molecule has 0 spiro atoms. The summed E-state index contributed by atoms with van der Waals surface area (Å²) in [7, 11) is 1.99. The predicted molar refractivity (Wildman–Crippen MR) is 70.4 cm³/mol. The van der Waals surface area contributed by atoms with Crippen molar-refractivity contribution < 1.29 is 0 Å². The molecule has 3 rings (SSSR count). The Bertz CT molecular complexity index is 535. The molecular formula is C13H17N3S. The van der Waals surface area contributed by atoms with Crippen molar-refractivity contribution in [3.05, 3.63) is 23.0 Å². The highest BCUT2D eigenvalue weighted by molar-refractivity contribution is 7.15. The van der Waals surface area contributed by atoms with Crippen LogP contribution in [0.3, 0.4) is 0 Å². The van der Waals surface area contributed by atoms with Crippen LogP contribution in [0.5, 0.6) is 0 Å². The topological polar surface area (TPSA) is 30.7 Å². The van der Waals surface area contributed by atoms with E-state index in [-0.39, 0.29) is 0 Å². The Morgan fingerprint density at radius 3 is 2.76 bits per heavy atom. The first-order chi connectivity index (χ1) is 8.15. The zero-order valence-corrected chi connectivity index (χ0v) is 11.3. The molecule has 2 heterocycles. The summed E-state index contributed by atoms with van der Waals surface area (Å²) in [4.78, 5) is 5.91. The largest absolute Gasteiger partial charge is 0.275 e. The fourth-order valence-electron chi connectivity index (χ4n) is 2.01. The molecule has 0 radical (unpaired) electrons. The highest BCUT2D eigenvalue weighted by Gasteiger charge is 2.30. The summed E-state index contributed by atoms with van der Waals surface area (Å²) in [5.41, 5.74) is 2.49. The molecule has 1 saturated carbocycles. The Labute approximate surface area is 106 Å². The second kappa shape index (κ2) is 3.95. The number of aromatic nitrogens is 3. The number of nitrogens with zero attached hydrogens (tertiary/aromatic N) is 3. The van der Waals surface area contributed by atoms with Crippen LogP contribution in [-0.2, 0) is 7.05 Å². The van der Waals surface area contributed by atoms with Gasteiger partial charge in [-0.3, -0.25) is 4.68 Å². The van der Waals surface area contributed by atoms with Crippen LogP contribution in [0.1, 0.15) is 49.1 Å². The minimum atomic E-state index is 0.558. The van der Waals surface area contributed by atoms with Crippen LogP contribution >= 0.6 is 11.3 Å². The van der Waals surface area contributed by atoms with Crippen molar-refractivity contribution in [2.45, 2.75) is 38.5 Å². The van der Waals surface area contributed by atoms with E-state index in [0.717, 1.165) is 5.01 Å². The van der Waals surface area contributed by atoms with Gasteiger partial charge in [-0.05, 0) is 18.8 Å². The van der Waals surface area contributed by atoms with E-state index in [0.29, 0.717) is 11.8 Å². The van der Waals surface area contributed by atoms with Gasteiger partial charge in [-0.15, -0.1) is 11.3 Å². The van der Waals surface area contributed by atoms with Gasteiger partial charge in [0, 0.05) is 30.2 Å². The first-order valence-corrected chi connectivity index (χ1v) is 6.96. The van der Waals surface area contributed by atoms with Gasteiger partial charge >= 0.3 is 0 Å². The second-order valence-electron chi connectivity index (χ2n) is 5.10. The van der Waals surface area contributed by atoms with E-state index in [4.69, 9.17) is 0 Å². The molecule has 1 fully saturated rings. The Morgan fingerprint density at radius 2 is 2.18 bits per heavy atom. The number of aryl methyl sites for hydroxylation is 1. The lowest BCUT2D eigenvalue weighted by Crippen LogP contribution is -1.89. The van der Waals surface area contributed by atoms with Crippen molar-refractivity contribution in [1.29, 1.82) is 0 Å². The van der Waals surface area contributed by atoms with Gasteiger partial charge in [0.2, 0.25) is 0 Å². The SMILES string of the molecule is CC(C)c1cnc(-c2cn(C)nc2C2CC2)s1. The molecular weight excluding hydrogens is 230 g/mol. The van der Waals surface area contributed by atoms with Gasteiger partial charge in [-0.25, -0.2) is 4.98 Å². The minimum absolute atomic E-state index is 0.558. The van der Waals surface area contributed by atoms with Gasteiger partial charge in [0.1, 0.15) is 5.01 Å².